The molecular weight excluding hydrogens is 242 g/mol. The van der Waals surface area contributed by atoms with Gasteiger partial charge in [0.15, 0.2) is 0 Å². The third kappa shape index (κ3) is 2.84. The Bertz CT molecular complexity index is 548. The molecule has 0 aromatic heterocycles. The fraction of sp³-hybridized carbons (Fsp3) is 0.333. The summed E-state index contributed by atoms with van der Waals surface area (Å²) < 4.78 is 0. The predicted molar refractivity (Wildman–Crippen MR) is 72.1 cm³/mol. The third-order valence-corrected chi connectivity index (χ3v) is 3.57. The number of carboxylic acid groups (broad SMARTS) is 1. The first-order chi connectivity index (χ1) is 8.99. The van der Waals surface area contributed by atoms with Gasteiger partial charge in [0.2, 0.25) is 0 Å². The zero-order chi connectivity index (χ0) is 14.0. The first kappa shape index (κ1) is 13.3. The number of nitrogens with one attached hydrogen (secondary N) is 1. The van der Waals surface area contributed by atoms with Gasteiger partial charge >= 0.3 is 5.97 Å². The van der Waals surface area contributed by atoms with Crippen molar-refractivity contribution in [2.75, 3.05) is 0 Å². The maximum Gasteiger partial charge on any atom is 0.310 e. The minimum Gasteiger partial charge on any atom is -0.481 e. The van der Waals surface area contributed by atoms with Crippen molar-refractivity contribution in [3.05, 3.63) is 47.0 Å². The molecule has 1 amide bonds. The molecule has 1 aromatic carbocycles. The lowest BCUT2D eigenvalue weighted by Crippen LogP contribution is -2.33. The van der Waals surface area contributed by atoms with Gasteiger partial charge in [-0.2, -0.15) is 0 Å². The highest BCUT2D eigenvalue weighted by atomic mass is 16.4. The highest BCUT2D eigenvalue weighted by molar-refractivity contribution is 5.96. The second-order valence-electron chi connectivity index (χ2n) is 4.89. The van der Waals surface area contributed by atoms with Crippen LogP contribution in [0.4, 0.5) is 0 Å². The van der Waals surface area contributed by atoms with Crippen LogP contribution < -0.4 is 5.32 Å². The van der Waals surface area contributed by atoms with Gasteiger partial charge in [0.25, 0.3) is 5.91 Å². The number of carbonyl (C=O) groups is 2. The summed E-state index contributed by atoms with van der Waals surface area (Å²) in [6, 6.07) is 5.39. The van der Waals surface area contributed by atoms with Crippen molar-refractivity contribution in [3.8, 4) is 0 Å². The van der Waals surface area contributed by atoms with E-state index in [0.29, 0.717) is 12.0 Å². The second-order valence-corrected chi connectivity index (χ2v) is 4.89. The zero-order valence-corrected chi connectivity index (χ0v) is 11.0. The molecule has 2 N–H and O–H groups in total. The Labute approximate surface area is 112 Å². The molecule has 2 atom stereocenters. The lowest BCUT2D eigenvalue weighted by atomic mass is 10.0. The Morgan fingerprint density at radius 2 is 2.00 bits per heavy atom. The number of carbonyl (C=O) groups excluding carboxylic acids is 1. The fourth-order valence-corrected chi connectivity index (χ4v) is 2.23. The Hall–Kier alpha value is -2.10. The number of rotatable bonds is 3. The van der Waals surface area contributed by atoms with Crippen LogP contribution in [0.1, 0.15) is 27.9 Å². The van der Waals surface area contributed by atoms with Crippen molar-refractivity contribution in [1.29, 1.82) is 0 Å². The van der Waals surface area contributed by atoms with Crippen LogP contribution in [0.2, 0.25) is 0 Å². The number of carboxylic acids is 1. The molecule has 19 heavy (non-hydrogen) atoms. The van der Waals surface area contributed by atoms with Gasteiger partial charge in [-0.15, -0.1) is 0 Å². The highest BCUT2D eigenvalue weighted by Gasteiger charge is 2.25. The van der Waals surface area contributed by atoms with E-state index < -0.39 is 11.9 Å². The first-order valence-corrected chi connectivity index (χ1v) is 6.27. The van der Waals surface area contributed by atoms with E-state index in [1.807, 2.05) is 26.0 Å². The molecule has 1 aliphatic carbocycles. The molecule has 0 aliphatic heterocycles. The van der Waals surface area contributed by atoms with Gasteiger partial charge in [-0.05, 0) is 37.5 Å². The molecule has 1 aromatic rings. The van der Waals surface area contributed by atoms with E-state index in [-0.39, 0.29) is 11.9 Å². The number of aliphatic carboxylic acids is 1. The number of amides is 1. The number of hydrogen-bond donors (Lipinski definition) is 2. The van der Waals surface area contributed by atoms with Gasteiger partial charge < -0.3 is 10.4 Å². The first-order valence-electron chi connectivity index (χ1n) is 6.27. The number of benzene rings is 1. The Morgan fingerprint density at radius 3 is 2.63 bits per heavy atom. The Balaban J connectivity index is 2.05. The molecule has 2 unspecified atom stereocenters. The second kappa shape index (κ2) is 5.26. The van der Waals surface area contributed by atoms with Crippen molar-refractivity contribution in [1.82, 2.24) is 5.32 Å². The minimum absolute atomic E-state index is 0.151. The van der Waals surface area contributed by atoms with E-state index in [9.17, 15) is 9.59 Å². The summed E-state index contributed by atoms with van der Waals surface area (Å²) >= 11 is 0. The van der Waals surface area contributed by atoms with Crippen LogP contribution in [-0.2, 0) is 4.79 Å². The normalized spacial score (nSPS) is 21.4. The molecule has 2 rings (SSSR count). The van der Waals surface area contributed by atoms with Crippen LogP contribution >= 0.6 is 0 Å². The maximum absolute atomic E-state index is 12.2. The van der Waals surface area contributed by atoms with E-state index >= 15 is 0 Å². The molecule has 0 radical (unpaired) electrons. The van der Waals surface area contributed by atoms with Gasteiger partial charge in [-0.25, -0.2) is 0 Å². The molecule has 0 heterocycles. The summed E-state index contributed by atoms with van der Waals surface area (Å²) in [7, 11) is 0. The smallest absolute Gasteiger partial charge is 0.310 e. The lowest BCUT2D eigenvalue weighted by Gasteiger charge is -2.14. The molecular formula is C15H17NO3. The van der Waals surface area contributed by atoms with Gasteiger partial charge in [-0.1, -0.05) is 24.3 Å². The fourth-order valence-electron chi connectivity index (χ4n) is 2.23. The maximum atomic E-state index is 12.2. The summed E-state index contributed by atoms with van der Waals surface area (Å²) in [4.78, 5) is 23.0. The standard InChI is InChI=1S/C15H17NO3/c1-9-4-3-5-13(10(9)2)14(17)16-12-7-6-11(8-12)15(18)19/h3-7,11-12H,8H2,1-2H3,(H,16,17)(H,18,19). The van der Waals surface area contributed by atoms with Gasteiger partial charge in [0, 0.05) is 11.6 Å². The molecule has 0 spiro atoms. The molecule has 1 aliphatic rings. The van der Waals surface area contributed by atoms with Crippen molar-refractivity contribution < 1.29 is 14.7 Å². The summed E-state index contributed by atoms with van der Waals surface area (Å²) in [5, 5.41) is 11.8. The molecule has 0 saturated heterocycles. The van der Waals surface area contributed by atoms with Crippen LogP contribution in [0.25, 0.3) is 0 Å². The van der Waals surface area contributed by atoms with Gasteiger partial charge in [0.05, 0.1) is 5.92 Å². The topological polar surface area (TPSA) is 66.4 Å². The third-order valence-electron chi connectivity index (χ3n) is 3.57. The van der Waals surface area contributed by atoms with Crippen molar-refractivity contribution in [2.24, 2.45) is 5.92 Å². The largest absolute Gasteiger partial charge is 0.481 e. The average molecular weight is 259 g/mol. The number of hydrogen-bond acceptors (Lipinski definition) is 2. The number of aryl methyl sites for hydroxylation is 1. The van der Waals surface area contributed by atoms with E-state index in [2.05, 4.69) is 5.32 Å². The van der Waals surface area contributed by atoms with Crippen LogP contribution in [0, 0.1) is 19.8 Å². The molecule has 4 nitrogen and oxygen atoms in total. The van der Waals surface area contributed by atoms with Crippen molar-refractivity contribution >= 4 is 11.9 Å². The van der Waals surface area contributed by atoms with Crippen LogP contribution in [0.3, 0.4) is 0 Å². The Kier molecular flexibility index (Phi) is 3.69. The molecule has 0 bridgehead atoms. The van der Waals surface area contributed by atoms with Gasteiger partial charge in [0.1, 0.15) is 0 Å². The molecule has 4 heteroatoms. The average Bonchev–Trinajstić information content (AvgIpc) is 2.81. The molecule has 100 valence electrons. The lowest BCUT2D eigenvalue weighted by molar-refractivity contribution is -0.140. The summed E-state index contributed by atoms with van der Waals surface area (Å²) in [6.07, 6.45) is 3.81. The van der Waals surface area contributed by atoms with E-state index in [1.165, 1.54) is 0 Å². The van der Waals surface area contributed by atoms with E-state index in [4.69, 9.17) is 5.11 Å². The van der Waals surface area contributed by atoms with Crippen LogP contribution in [-0.4, -0.2) is 23.0 Å². The van der Waals surface area contributed by atoms with Crippen LogP contribution in [0.5, 0.6) is 0 Å². The summed E-state index contributed by atoms with van der Waals surface area (Å²) in [5.74, 6) is -1.49. The Morgan fingerprint density at radius 1 is 1.26 bits per heavy atom. The highest BCUT2D eigenvalue weighted by Crippen LogP contribution is 2.19. The monoisotopic (exact) mass is 259 g/mol. The zero-order valence-electron chi connectivity index (χ0n) is 11.0. The van der Waals surface area contributed by atoms with Crippen molar-refractivity contribution in [3.63, 3.8) is 0 Å². The van der Waals surface area contributed by atoms with Crippen molar-refractivity contribution in [2.45, 2.75) is 26.3 Å². The predicted octanol–water partition coefficient (Wildman–Crippen LogP) is 2.06. The van der Waals surface area contributed by atoms with E-state index in [1.54, 1.807) is 18.2 Å². The quantitative estimate of drug-likeness (QED) is 0.816. The van der Waals surface area contributed by atoms with E-state index in [0.717, 1.165) is 11.1 Å². The minimum atomic E-state index is -0.847. The molecule has 0 fully saturated rings. The summed E-state index contributed by atoms with van der Waals surface area (Å²) in [5.41, 5.74) is 2.67. The molecule has 0 saturated carbocycles. The van der Waals surface area contributed by atoms with Crippen LogP contribution in [0.15, 0.2) is 30.4 Å². The SMILES string of the molecule is Cc1cccc(C(=O)NC2C=CC(C(=O)O)C2)c1C. The summed E-state index contributed by atoms with van der Waals surface area (Å²) in [6.45, 7) is 3.87. The van der Waals surface area contributed by atoms with Gasteiger partial charge in [-0.3, -0.25) is 9.59 Å².